The van der Waals surface area contributed by atoms with Crippen LogP contribution < -0.4 is 4.90 Å². The van der Waals surface area contributed by atoms with E-state index in [4.69, 9.17) is 4.42 Å². The topological polar surface area (TPSA) is 16.4 Å². The van der Waals surface area contributed by atoms with Crippen molar-refractivity contribution in [2.45, 2.75) is 43.9 Å². The quantitative estimate of drug-likeness (QED) is 0.254. The summed E-state index contributed by atoms with van der Waals surface area (Å²) in [5.41, 5.74) is 9.87. The number of allylic oxidation sites excluding steroid dienone is 3. The number of rotatable bonds is 4. The lowest BCUT2D eigenvalue weighted by molar-refractivity contribution is 0.596. The predicted octanol–water partition coefficient (Wildman–Crippen LogP) is 9.50. The van der Waals surface area contributed by atoms with Crippen molar-refractivity contribution in [3.8, 4) is 0 Å². The SMILES string of the molecule is Cc1c(N(c2ccccc2)c2ccc(C3=CCCCC3)cc2)ccc2oc3c(c12)CC(Br)C=C3. The van der Waals surface area contributed by atoms with E-state index < -0.39 is 0 Å². The Morgan fingerprint density at radius 3 is 2.47 bits per heavy atom. The average molecular weight is 510 g/mol. The van der Waals surface area contributed by atoms with Crippen molar-refractivity contribution in [3.63, 3.8) is 0 Å². The van der Waals surface area contributed by atoms with Crippen molar-refractivity contribution in [1.29, 1.82) is 0 Å². The first kappa shape index (κ1) is 21.5. The molecule has 1 atom stereocenters. The molecule has 34 heavy (non-hydrogen) atoms. The maximum Gasteiger partial charge on any atom is 0.135 e. The number of benzene rings is 3. The molecule has 0 spiro atoms. The van der Waals surface area contributed by atoms with E-state index in [9.17, 15) is 0 Å². The van der Waals surface area contributed by atoms with Gasteiger partial charge >= 0.3 is 0 Å². The van der Waals surface area contributed by atoms with E-state index in [0.29, 0.717) is 4.83 Å². The molecule has 3 aromatic carbocycles. The Kier molecular flexibility index (Phi) is 5.66. The molecule has 3 heteroatoms. The number of aryl methyl sites for hydroxylation is 1. The van der Waals surface area contributed by atoms with Crippen molar-refractivity contribution in [1.82, 2.24) is 0 Å². The molecule has 6 rings (SSSR count). The first-order chi connectivity index (χ1) is 16.7. The minimum atomic E-state index is 0.343. The fourth-order valence-electron chi connectivity index (χ4n) is 5.40. The summed E-state index contributed by atoms with van der Waals surface area (Å²) in [6.45, 7) is 2.23. The molecule has 0 bridgehead atoms. The van der Waals surface area contributed by atoms with E-state index in [1.54, 1.807) is 0 Å². The molecule has 170 valence electrons. The minimum Gasteiger partial charge on any atom is -0.456 e. The maximum atomic E-state index is 6.22. The lowest BCUT2D eigenvalue weighted by atomic mass is 9.93. The summed E-state index contributed by atoms with van der Waals surface area (Å²) in [5, 5.41) is 1.24. The molecule has 0 radical (unpaired) electrons. The largest absolute Gasteiger partial charge is 0.456 e. The van der Waals surface area contributed by atoms with Gasteiger partial charge in [0.2, 0.25) is 0 Å². The monoisotopic (exact) mass is 509 g/mol. The van der Waals surface area contributed by atoms with Gasteiger partial charge in [0.15, 0.2) is 0 Å². The predicted molar refractivity (Wildman–Crippen MR) is 148 cm³/mol. The molecular weight excluding hydrogens is 482 g/mol. The Bertz CT molecular complexity index is 1400. The van der Waals surface area contributed by atoms with Crippen LogP contribution >= 0.6 is 15.9 Å². The molecule has 0 amide bonds. The summed E-state index contributed by atoms with van der Waals surface area (Å²) >= 11 is 3.77. The summed E-state index contributed by atoms with van der Waals surface area (Å²) in [6.07, 6.45) is 12.6. The number of alkyl halides is 1. The van der Waals surface area contributed by atoms with Crippen LogP contribution in [0.15, 0.2) is 83.3 Å². The highest BCUT2D eigenvalue weighted by atomic mass is 79.9. The van der Waals surface area contributed by atoms with Gasteiger partial charge in [-0.25, -0.2) is 0 Å². The van der Waals surface area contributed by atoms with E-state index >= 15 is 0 Å². The Morgan fingerprint density at radius 2 is 1.71 bits per heavy atom. The molecule has 4 aromatic rings. The second-order valence-corrected chi connectivity index (χ2v) is 10.5. The Balaban J connectivity index is 1.48. The van der Waals surface area contributed by atoms with Gasteiger partial charge in [-0.3, -0.25) is 0 Å². The molecule has 1 unspecified atom stereocenters. The molecule has 0 fully saturated rings. The standard InChI is InChI=1S/C31H28BrNO/c1-21-28(17-19-30-31(21)27-20-24(32)14-18-29(27)34-30)33(25-10-6-3-7-11-25)26-15-12-23(13-16-26)22-8-4-2-5-9-22/h3,6-8,10-19,24H,2,4-5,9,20H2,1H3. The molecule has 0 saturated carbocycles. The smallest absolute Gasteiger partial charge is 0.135 e. The zero-order chi connectivity index (χ0) is 23.1. The summed E-state index contributed by atoms with van der Waals surface area (Å²) < 4.78 is 6.22. The second kappa shape index (κ2) is 8.96. The third-order valence-electron chi connectivity index (χ3n) is 7.12. The van der Waals surface area contributed by atoms with E-state index in [1.807, 2.05) is 0 Å². The van der Waals surface area contributed by atoms with Crippen LogP contribution in [-0.2, 0) is 6.42 Å². The van der Waals surface area contributed by atoms with Gasteiger partial charge in [0.05, 0.1) is 0 Å². The molecule has 2 aliphatic carbocycles. The van der Waals surface area contributed by atoms with Gasteiger partial charge in [-0.2, -0.15) is 0 Å². The van der Waals surface area contributed by atoms with Crippen LogP contribution in [0.25, 0.3) is 22.6 Å². The van der Waals surface area contributed by atoms with E-state index in [1.165, 1.54) is 64.7 Å². The van der Waals surface area contributed by atoms with Gasteiger partial charge < -0.3 is 9.32 Å². The number of hydrogen-bond donors (Lipinski definition) is 0. The second-order valence-electron chi connectivity index (χ2n) is 9.30. The zero-order valence-electron chi connectivity index (χ0n) is 19.4. The lowest BCUT2D eigenvalue weighted by Crippen LogP contribution is -2.12. The molecule has 0 N–H and O–H groups in total. The number of fused-ring (bicyclic) bond motifs is 3. The van der Waals surface area contributed by atoms with Crippen LogP contribution in [-0.4, -0.2) is 4.83 Å². The molecular formula is C31H28BrNO. The molecule has 1 heterocycles. The Hall–Kier alpha value is -3.04. The summed E-state index contributed by atoms with van der Waals surface area (Å²) in [7, 11) is 0. The van der Waals surface area contributed by atoms with Crippen LogP contribution in [0.1, 0.15) is 48.1 Å². The van der Waals surface area contributed by atoms with Crippen LogP contribution in [0, 0.1) is 6.92 Å². The number of furan rings is 1. The van der Waals surface area contributed by atoms with Crippen LogP contribution in [0.4, 0.5) is 17.1 Å². The number of nitrogens with zero attached hydrogens (tertiary/aromatic N) is 1. The summed E-state index contributed by atoms with van der Waals surface area (Å²) in [4.78, 5) is 2.72. The van der Waals surface area contributed by atoms with Crippen molar-refractivity contribution in [3.05, 3.63) is 101 Å². The van der Waals surface area contributed by atoms with Gasteiger partial charge in [0.25, 0.3) is 0 Å². The van der Waals surface area contributed by atoms with Gasteiger partial charge in [-0.15, -0.1) is 0 Å². The van der Waals surface area contributed by atoms with Gasteiger partial charge in [0.1, 0.15) is 11.3 Å². The Morgan fingerprint density at radius 1 is 0.912 bits per heavy atom. The highest BCUT2D eigenvalue weighted by Crippen LogP contribution is 2.43. The van der Waals surface area contributed by atoms with Gasteiger partial charge in [-0.1, -0.05) is 58.4 Å². The summed E-state index contributed by atoms with van der Waals surface area (Å²) in [5.74, 6) is 0.988. The lowest BCUT2D eigenvalue weighted by Gasteiger charge is -2.28. The fraction of sp³-hybridized carbons (Fsp3) is 0.226. The average Bonchev–Trinajstić information content (AvgIpc) is 3.26. The maximum absolute atomic E-state index is 6.22. The molecule has 2 aliphatic rings. The van der Waals surface area contributed by atoms with E-state index in [-0.39, 0.29) is 0 Å². The Labute approximate surface area is 209 Å². The highest BCUT2D eigenvalue weighted by Gasteiger charge is 2.23. The highest BCUT2D eigenvalue weighted by molar-refractivity contribution is 9.09. The zero-order valence-corrected chi connectivity index (χ0v) is 21.0. The van der Waals surface area contributed by atoms with Crippen LogP contribution in [0.2, 0.25) is 0 Å². The van der Waals surface area contributed by atoms with E-state index in [0.717, 1.165) is 23.5 Å². The van der Waals surface area contributed by atoms with Crippen molar-refractivity contribution in [2.24, 2.45) is 0 Å². The van der Waals surface area contributed by atoms with Gasteiger partial charge in [0, 0.05) is 32.8 Å². The molecule has 1 aromatic heterocycles. The molecule has 0 saturated heterocycles. The van der Waals surface area contributed by atoms with Crippen LogP contribution in [0.5, 0.6) is 0 Å². The number of halogens is 1. The first-order valence-electron chi connectivity index (χ1n) is 12.2. The van der Waals surface area contributed by atoms with E-state index in [2.05, 4.69) is 113 Å². The number of para-hydroxylation sites is 1. The molecule has 0 aliphatic heterocycles. The summed E-state index contributed by atoms with van der Waals surface area (Å²) in [6, 6.07) is 24.1. The fourth-order valence-corrected chi connectivity index (χ4v) is 5.88. The first-order valence-corrected chi connectivity index (χ1v) is 13.1. The van der Waals surface area contributed by atoms with Crippen molar-refractivity contribution in [2.75, 3.05) is 4.90 Å². The third kappa shape index (κ3) is 3.82. The number of anilines is 3. The minimum absolute atomic E-state index is 0.343. The number of hydrogen-bond acceptors (Lipinski definition) is 2. The molecule has 2 nitrogen and oxygen atoms in total. The van der Waals surface area contributed by atoms with Crippen molar-refractivity contribution < 1.29 is 4.42 Å². The third-order valence-corrected chi connectivity index (χ3v) is 7.74. The van der Waals surface area contributed by atoms with Crippen LogP contribution in [0.3, 0.4) is 0 Å². The normalized spacial score (nSPS) is 17.5. The van der Waals surface area contributed by atoms with Crippen molar-refractivity contribution >= 4 is 55.6 Å². The van der Waals surface area contributed by atoms with Gasteiger partial charge in [-0.05, 0) is 98.2 Å².